The first-order valence-electron chi connectivity index (χ1n) is 5.03. The summed E-state index contributed by atoms with van der Waals surface area (Å²) in [5.41, 5.74) is 6.16. The van der Waals surface area contributed by atoms with Crippen LogP contribution in [0.1, 0.15) is 6.92 Å². The molecule has 0 aliphatic carbocycles. The van der Waals surface area contributed by atoms with Crippen molar-refractivity contribution in [2.45, 2.75) is 6.92 Å². The molecule has 0 atom stereocenters. The van der Waals surface area contributed by atoms with Gasteiger partial charge in [0.1, 0.15) is 5.82 Å². The SMILES string of the molecule is CCNc1nc(N)n(-c2ccc(Cl)c(F)c2)n1. The molecule has 0 bridgehead atoms. The molecule has 90 valence electrons. The van der Waals surface area contributed by atoms with E-state index < -0.39 is 5.82 Å². The van der Waals surface area contributed by atoms with Crippen LogP contribution in [-0.4, -0.2) is 21.3 Å². The quantitative estimate of drug-likeness (QED) is 0.881. The molecular formula is C10H11ClFN5. The number of benzene rings is 1. The van der Waals surface area contributed by atoms with Crippen LogP contribution in [0, 0.1) is 5.82 Å². The van der Waals surface area contributed by atoms with Crippen LogP contribution in [0.3, 0.4) is 0 Å². The first-order chi connectivity index (χ1) is 8.11. The number of hydrogen-bond acceptors (Lipinski definition) is 4. The summed E-state index contributed by atoms with van der Waals surface area (Å²) >= 11 is 5.60. The molecule has 0 saturated carbocycles. The number of hydrogen-bond donors (Lipinski definition) is 2. The van der Waals surface area contributed by atoms with Crippen molar-refractivity contribution in [2.24, 2.45) is 0 Å². The van der Waals surface area contributed by atoms with E-state index in [1.165, 1.54) is 16.8 Å². The van der Waals surface area contributed by atoms with Crippen LogP contribution in [0.15, 0.2) is 18.2 Å². The van der Waals surface area contributed by atoms with E-state index in [1.54, 1.807) is 6.07 Å². The molecule has 2 rings (SSSR count). The third-order valence-electron chi connectivity index (χ3n) is 2.11. The normalized spacial score (nSPS) is 10.5. The Hall–Kier alpha value is -1.82. The maximum Gasteiger partial charge on any atom is 0.244 e. The van der Waals surface area contributed by atoms with Gasteiger partial charge in [-0.25, -0.2) is 4.39 Å². The van der Waals surface area contributed by atoms with Crippen molar-refractivity contribution >= 4 is 23.5 Å². The summed E-state index contributed by atoms with van der Waals surface area (Å²) in [4.78, 5) is 3.99. The summed E-state index contributed by atoms with van der Waals surface area (Å²) in [6.45, 7) is 2.59. The predicted octanol–water partition coefficient (Wildman–Crippen LogP) is 2.07. The van der Waals surface area contributed by atoms with Crippen LogP contribution >= 0.6 is 11.6 Å². The van der Waals surface area contributed by atoms with Crippen LogP contribution in [0.5, 0.6) is 0 Å². The molecule has 3 N–H and O–H groups in total. The fourth-order valence-corrected chi connectivity index (χ4v) is 1.48. The molecular weight excluding hydrogens is 245 g/mol. The molecule has 0 aliphatic heterocycles. The second kappa shape index (κ2) is 4.58. The number of nitrogens with one attached hydrogen (secondary N) is 1. The highest BCUT2D eigenvalue weighted by Crippen LogP contribution is 2.20. The van der Waals surface area contributed by atoms with Crippen molar-refractivity contribution in [1.29, 1.82) is 0 Å². The average Bonchev–Trinajstić information content (AvgIpc) is 2.64. The van der Waals surface area contributed by atoms with Crippen LogP contribution in [0.25, 0.3) is 5.69 Å². The average molecular weight is 256 g/mol. The Bertz CT molecular complexity index is 539. The summed E-state index contributed by atoms with van der Waals surface area (Å²) in [5, 5.41) is 7.08. The highest BCUT2D eigenvalue weighted by Gasteiger charge is 2.09. The Balaban J connectivity index is 2.41. The monoisotopic (exact) mass is 255 g/mol. The smallest absolute Gasteiger partial charge is 0.244 e. The molecule has 5 nitrogen and oxygen atoms in total. The van der Waals surface area contributed by atoms with Crippen molar-refractivity contribution < 1.29 is 4.39 Å². The molecule has 0 spiro atoms. The van der Waals surface area contributed by atoms with E-state index in [4.69, 9.17) is 17.3 Å². The zero-order chi connectivity index (χ0) is 12.4. The van der Waals surface area contributed by atoms with E-state index in [0.717, 1.165) is 0 Å². The summed E-state index contributed by atoms with van der Waals surface area (Å²) in [7, 11) is 0. The largest absolute Gasteiger partial charge is 0.368 e. The van der Waals surface area contributed by atoms with Gasteiger partial charge in [-0.15, -0.1) is 5.10 Å². The third-order valence-corrected chi connectivity index (χ3v) is 2.42. The van der Waals surface area contributed by atoms with E-state index in [0.29, 0.717) is 18.2 Å². The molecule has 7 heteroatoms. The number of aromatic nitrogens is 3. The van der Waals surface area contributed by atoms with Crippen LogP contribution < -0.4 is 11.1 Å². The van der Waals surface area contributed by atoms with Gasteiger partial charge in [0.2, 0.25) is 11.9 Å². The highest BCUT2D eigenvalue weighted by atomic mass is 35.5. The van der Waals surface area contributed by atoms with E-state index in [1.807, 2.05) is 6.92 Å². The minimum Gasteiger partial charge on any atom is -0.368 e. The van der Waals surface area contributed by atoms with Gasteiger partial charge in [0.15, 0.2) is 0 Å². The first-order valence-corrected chi connectivity index (χ1v) is 5.41. The lowest BCUT2D eigenvalue weighted by Gasteiger charge is -2.03. The summed E-state index contributed by atoms with van der Waals surface area (Å²) in [6, 6.07) is 4.32. The number of halogens is 2. The van der Waals surface area contributed by atoms with Crippen molar-refractivity contribution in [3.05, 3.63) is 29.0 Å². The second-order valence-corrected chi connectivity index (χ2v) is 3.74. The second-order valence-electron chi connectivity index (χ2n) is 3.33. The van der Waals surface area contributed by atoms with Crippen molar-refractivity contribution in [1.82, 2.24) is 14.8 Å². The van der Waals surface area contributed by atoms with E-state index in [9.17, 15) is 4.39 Å². The van der Waals surface area contributed by atoms with Gasteiger partial charge < -0.3 is 11.1 Å². The van der Waals surface area contributed by atoms with E-state index in [-0.39, 0.29) is 11.0 Å². The number of anilines is 2. The first kappa shape index (κ1) is 11.7. The minimum atomic E-state index is -0.524. The number of nitrogen functional groups attached to an aromatic ring is 1. The lowest BCUT2D eigenvalue weighted by atomic mass is 10.3. The third kappa shape index (κ3) is 2.31. The summed E-state index contributed by atoms with van der Waals surface area (Å²) in [6.07, 6.45) is 0. The fraction of sp³-hybridized carbons (Fsp3) is 0.200. The maximum absolute atomic E-state index is 13.3. The molecule has 1 aromatic carbocycles. The van der Waals surface area contributed by atoms with Gasteiger partial charge in [0.25, 0.3) is 0 Å². The van der Waals surface area contributed by atoms with Gasteiger partial charge in [-0.2, -0.15) is 9.67 Å². The Kier molecular flexibility index (Phi) is 3.14. The van der Waals surface area contributed by atoms with Crippen molar-refractivity contribution in [2.75, 3.05) is 17.6 Å². The van der Waals surface area contributed by atoms with Gasteiger partial charge in [-0.05, 0) is 19.1 Å². The van der Waals surface area contributed by atoms with Crippen molar-refractivity contribution in [3.63, 3.8) is 0 Å². The van der Waals surface area contributed by atoms with Gasteiger partial charge in [0.05, 0.1) is 10.7 Å². The maximum atomic E-state index is 13.3. The number of rotatable bonds is 3. The van der Waals surface area contributed by atoms with Gasteiger partial charge >= 0.3 is 0 Å². The van der Waals surface area contributed by atoms with Crippen LogP contribution in [0.2, 0.25) is 5.02 Å². The lowest BCUT2D eigenvalue weighted by molar-refractivity contribution is 0.626. The molecule has 0 fully saturated rings. The summed E-state index contributed by atoms with van der Waals surface area (Å²) < 4.78 is 14.6. The molecule has 2 aromatic rings. The Morgan fingerprint density at radius 2 is 2.29 bits per heavy atom. The Morgan fingerprint density at radius 3 is 2.94 bits per heavy atom. The predicted molar refractivity (Wildman–Crippen MR) is 64.9 cm³/mol. The number of nitrogens with two attached hydrogens (primary N) is 1. The molecule has 0 radical (unpaired) electrons. The molecule has 1 aromatic heterocycles. The fourth-order valence-electron chi connectivity index (χ4n) is 1.36. The standard InChI is InChI=1S/C10H11ClFN5/c1-2-14-10-15-9(13)17(16-10)6-3-4-7(11)8(12)5-6/h3-5H,2H2,1H3,(H3,13,14,15,16). The van der Waals surface area contributed by atoms with Crippen LogP contribution in [0.4, 0.5) is 16.3 Å². The van der Waals surface area contributed by atoms with E-state index in [2.05, 4.69) is 15.4 Å². The van der Waals surface area contributed by atoms with Crippen molar-refractivity contribution in [3.8, 4) is 5.69 Å². The zero-order valence-electron chi connectivity index (χ0n) is 9.11. The summed E-state index contributed by atoms with van der Waals surface area (Å²) in [5.74, 6) is 0.0621. The van der Waals surface area contributed by atoms with E-state index >= 15 is 0 Å². The molecule has 1 heterocycles. The van der Waals surface area contributed by atoms with Crippen LogP contribution in [-0.2, 0) is 0 Å². The van der Waals surface area contributed by atoms with Gasteiger partial charge in [-0.1, -0.05) is 11.6 Å². The number of nitrogens with zero attached hydrogens (tertiary/aromatic N) is 3. The Labute approximate surface area is 102 Å². The Morgan fingerprint density at radius 1 is 1.53 bits per heavy atom. The highest BCUT2D eigenvalue weighted by molar-refractivity contribution is 6.30. The zero-order valence-corrected chi connectivity index (χ0v) is 9.87. The minimum absolute atomic E-state index is 0.0549. The molecule has 0 aliphatic rings. The lowest BCUT2D eigenvalue weighted by Crippen LogP contribution is -2.03. The van der Waals surface area contributed by atoms with Gasteiger partial charge in [0, 0.05) is 12.6 Å². The molecule has 0 unspecified atom stereocenters. The molecule has 17 heavy (non-hydrogen) atoms. The molecule has 0 amide bonds. The van der Waals surface area contributed by atoms with Gasteiger partial charge in [-0.3, -0.25) is 0 Å². The topological polar surface area (TPSA) is 68.8 Å². The molecule has 0 saturated heterocycles.